The topological polar surface area (TPSA) is 49.9 Å². The minimum absolute atomic E-state index is 0.0972. The SMILES string of the molecule is CCCc1sc(C(=O)N2CCN(C(=O)Cc3cccc(OC)c3)CC2)cc1CC. The number of benzene rings is 1. The van der Waals surface area contributed by atoms with Gasteiger partial charge in [-0.15, -0.1) is 11.3 Å². The zero-order chi connectivity index (χ0) is 20.8. The fourth-order valence-corrected chi connectivity index (χ4v) is 5.02. The molecule has 0 bridgehead atoms. The van der Waals surface area contributed by atoms with Gasteiger partial charge in [0.25, 0.3) is 5.91 Å². The number of carbonyl (C=O) groups is 2. The molecule has 2 heterocycles. The first kappa shape index (κ1) is 21.4. The van der Waals surface area contributed by atoms with E-state index >= 15 is 0 Å². The van der Waals surface area contributed by atoms with Crippen LogP contribution in [0.3, 0.4) is 0 Å². The van der Waals surface area contributed by atoms with E-state index < -0.39 is 0 Å². The summed E-state index contributed by atoms with van der Waals surface area (Å²) in [4.78, 5) is 31.5. The number of methoxy groups -OCH3 is 1. The van der Waals surface area contributed by atoms with Gasteiger partial charge in [0.05, 0.1) is 18.4 Å². The Morgan fingerprint density at radius 1 is 1.07 bits per heavy atom. The van der Waals surface area contributed by atoms with Crippen molar-refractivity contribution in [3.05, 3.63) is 51.2 Å². The molecule has 2 aromatic rings. The summed E-state index contributed by atoms with van der Waals surface area (Å²) in [5, 5.41) is 0. The van der Waals surface area contributed by atoms with Gasteiger partial charge in [-0.25, -0.2) is 0 Å². The Hall–Kier alpha value is -2.34. The van der Waals surface area contributed by atoms with E-state index in [1.165, 1.54) is 10.4 Å². The largest absolute Gasteiger partial charge is 0.497 e. The number of ether oxygens (including phenoxy) is 1. The molecular formula is C23H30N2O3S. The third-order valence-electron chi connectivity index (χ3n) is 5.37. The van der Waals surface area contributed by atoms with Gasteiger partial charge in [-0.1, -0.05) is 32.4 Å². The highest BCUT2D eigenvalue weighted by Crippen LogP contribution is 2.26. The lowest BCUT2D eigenvalue weighted by Crippen LogP contribution is -2.50. The van der Waals surface area contributed by atoms with E-state index in [-0.39, 0.29) is 11.8 Å². The minimum atomic E-state index is 0.0972. The second-order valence-electron chi connectivity index (χ2n) is 7.36. The quantitative estimate of drug-likeness (QED) is 0.692. The van der Waals surface area contributed by atoms with Gasteiger partial charge in [0.2, 0.25) is 5.91 Å². The molecule has 1 aromatic carbocycles. The molecule has 2 amide bonds. The second kappa shape index (κ2) is 9.92. The number of nitrogens with zero attached hydrogens (tertiary/aromatic N) is 2. The number of thiophene rings is 1. The predicted molar refractivity (Wildman–Crippen MR) is 117 cm³/mol. The number of hydrogen-bond donors (Lipinski definition) is 0. The molecule has 0 unspecified atom stereocenters. The number of amides is 2. The third-order valence-corrected chi connectivity index (χ3v) is 6.60. The van der Waals surface area contributed by atoms with Crippen LogP contribution in [0.5, 0.6) is 5.75 Å². The summed E-state index contributed by atoms with van der Waals surface area (Å²) in [6.07, 6.45) is 3.45. The molecule has 1 aromatic heterocycles. The molecular weight excluding hydrogens is 384 g/mol. The van der Waals surface area contributed by atoms with E-state index in [1.54, 1.807) is 18.4 Å². The normalized spacial score (nSPS) is 14.2. The highest BCUT2D eigenvalue weighted by molar-refractivity contribution is 7.14. The van der Waals surface area contributed by atoms with Gasteiger partial charge in [0.1, 0.15) is 5.75 Å². The highest BCUT2D eigenvalue weighted by Gasteiger charge is 2.26. The van der Waals surface area contributed by atoms with Gasteiger partial charge in [0.15, 0.2) is 0 Å². The van der Waals surface area contributed by atoms with Crippen LogP contribution in [0.1, 0.15) is 45.9 Å². The van der Waals surface area contributed by atoms with Crippen LogP contribution in [0.15, 0.2) is 30.3 Å². The summed E-state index contributed by atoms with van der Waals surface area (Å²) < 4.78 is 5.23. The van der Waals surface area contributed by atoms with E-state index in [9.17, 15) is 9.59 Å². The molecule has 156 valence electrons. The van der Waals surface area contributed by atoms with Gasteiger partial charge < -0.3 is 14.5 Å². The van der Waals surface area contributed by atoms with Crippen molar-refractivity contribution < 1.29 is 14.3 Å². The van der Waals surface area contributed by atoms with Gasteiger partial charge in [0, 0.05) is 31.1 Å². The molecule has 6 heteroatoms. The molecule has 1 saturated heterocycles. The molecule has 0 radical (unpaired) electrons. The van der Waals surface area contributed by atoms with E-state index in [1.807, 2.05) is 34.1 Å². The first-order valence-corrected chi connectivity index (χ1v) is 11.2. The summed E-state index contributed by atoms with van der Waals surface area (Å²) in [5.74, 6) is 0.961. The summed E-state index contributed by atoms with van der Waals surface area (Å²) in [5.41, 5.74) is 2.24. The van der Waals surface area contributed by atoms with Gasteiger partial charge in [-0.3, -0.25) is 9.59 Å². The van der Waals surface area contributed by atoms with Gasteiger partial charge in [-0.05, 0) is 42.2 Å². The highest BCUT2D eigenvalue weighted by atomic mass is 32.1. The van der Waals surface area contributed by atoms with Crippen LogP contribution in [0.25, 0.3) is 0 Å². The van der Waals surface area contributed by atoms with Crippen LogP contribution in [0.2, 0.25) is 0 Å². The van der Waals surface area contributed by atoms with Crippen LogP contribution in [-0.2, 0) is 24.1 Å². The van der Waals surface area contributed by atoms with Crippen molar-refractivity contribution >= 4 is 23.2 Å². The average Bonchev–Trinajstić information content (AvgIpc) is 3.16. The van der Waals surface area contributed by atoms with E-state index in [0.29, 0.717) is 32.6 Å². The molecule has 1 fully saturated rings. The average molecular weight is 415 g/mol. The molecule has 0 aliphatic carbocycles. The van der Waals surface area contributed by atoms with Crippen molar-refractivity contribution in [1.29, 1.82) is 0 Å². The Morgan fingerprint density at radius 3 is 2.45 bits per heavy atom. The number of carbonyl (C=O) groups excluding carboxylic acids is 2. The monoisotopic (exact) mass is 414 g/mol. The first-order valence-electron chi connectivity index (χ1n) is 10.4. The summed E-state index contributed by atoms with van der Waals surface area (Å²) in [7, 11) is 1.62. The Bertz CT molecular complexity index is 854. The molecule has 5 nitrogen and oxygen atoms in total. The van der Waals surface area contributed by atoms with Crippen molar-refractivity contribution in [2.24, 2.45) is 0 Å². The Morgan fingerprint density at radius 2 is 1.79 bits per heavy atom. The van der Waals surface area contributed by atoms with Crippen LogP contribution in [0, 0.1) is 0 Å². The van der Waals surface area contributed by atoms with Crippen molar-refractivity contribution in [2.45, 2.75) is 39.5 Å². The van der Waals surface area contributed by atoms with E-state index in [2.05, 4.69) is 19.9 Å². The predicted octanol–water partition coefficient (Wildman–Crippen LogP) is 3.80. The molecule has 0 spiro atoms. The fraction of sp³-hybridized carbons (Fsp3) is 0.478. The van der Waals surface area contributed by atoms with Crippen LogP contribution in [-0.4, -0.2) is 54.9 Å². The van der Waals surface area contributed by atoms with Crippen LogP contribution < -0.4 is 4.74 Å². The van der Waals surface area contributed by atoms with E-state index in [4.69, 9.17) is 4.74 Å². The Kier molecular flexibility index (Phi) is 7.31. The maximum atomic E-state index is 12.9. The number of piperazine rings is 1. The van der Waals surface area contributed by atoms with Crippen LogP contribution in [0.4, 0.5) is 0 Å². The molecule has 1 aliphatic heterocycles. The number of hydrogen-bond acceptors (Lipinski definition) is 4. The van der Waals surface area contributed by atoms with Gasteiger partial charge >= 0.3 is 0 Å². The number of aryl methyl sites for hydroxylation is 2. The zero-order valence-electron chi connectivity index (χ0n) is 17.6. The molecule has 29 heavy (non-hydrogen) atoms. The van der Waals surface area contributed by atoms with Crippen molar-refractivity contribution in [1.82, 2.24) is 9.80 Å². The lowest BCUT2D eigenvalue weighted by atomic mass is 10.1. The van der Waals surface area contributed by atoms with Crippen molar-refractivity contribution in [2.75, 3.05) is 33.3 Å². The maximum Gasteiger partial charge on any atom is 0.264 e. The minimum Gasteiger partial charge on any atom is -0.497 e. The molecule has 0 saturated carbocycles. The third kappa shape index (κ3) is 5.18. The molecule has 3 rings (SSSR count). The lowest BCUT2D eigenvalue weighted by Gasteiger charge is -2.34. The molecule has 0 atom stereocenters. The Labute approximate surface area is 177 Å². The maximum absolute atomic E-state index is 12.9. The summed E-state index contributed by atoms with van der Waals surface area (Å²) in [6.45, 7) is 6.66. The molecule has 1 aliphatic rings. The molecule has 0 N–H and O–H groups in total. The standard InChI is InChI=1S/C23H30N2O3S/c1-4-7-20-18(5-2)16-21(29-20)23(27)25-12-10-24(11-13-25)22(26)15-17-8-6-9-19(14-17)28-3/h6,8-9,14,16H,4-5,7,10-13,15H2,1-3H3. The first-order chi connectivity index (χ1) is 14.0. The summed E-state index contributed by atoms with van der Waals surface area (Å²) >= 11 is 1.64. The number of rotatable bonds is 7. The van der Waals surface area contributed by atoms with Gasteiger partial charge in [-0.2, -0.15) is 0 Å². The van der Waals surface area contributed by atoms with Crippen LogP contribution >= 0.6 is 11.3 Å². The smallest absolute Gasteiger partial charge is 0.264 e. The van der Waals surface area contributed by atoms with Crippen molar-refractivity contribution in [3.63, 3.8) is 0 Å². The Balaban J connectivity index is 1.57. The second-order valence-corrected chi connectivity index (χ2v) is 8.50. The van der Waals surface area contributed by atoms with E-state index in [0.717, 1.165) is 35.5 Å². The summed E-state index contributed by atoms with van der Waals surface area (Å²) in [6, 6.07) is 9.68. The lowest BCUT2D eigenvalue weighted by molar-refractivity contribution is -0.131. The zero-order valence-corrected chi connectivity index (χ0v) is 18.4. The van der Waals surface area contributed by atoms with Crippen molar-refractivity contribution in [3.8, 4) is 5.75 Å². The fourth-order valence-electron chi connectivity index (χ4n) is 3.69.